The quantitative estimate of drug-likeness (QED) is 0.709. The standard InChI is InChI=1S/C14H15ClN4O/c1-9-17-13(20-19-9)6-7-16-8-12-14(15)10-4-2-3-5-11(10)18-12/h2-5,16,18H,6-8H2,1H3. The minimum absolute atomic E-state index is 0.651. The molecular weight excluding hydrogens is 276 g/mol. The molecule has 3 rings (SSSR count). The molecule has 0 unspecified atom stereocenters. The van der Waals surface area contributed by atoms with Gasteiger partial charge in [0.15, 0.2) is 5.82 Å². The van der Waals surface area contributed by atoms with E-state index in [9.17, 15) is 0 Å². The molecule has 6 heteroatoms. The lowest BCUT2D eigenvalue weighted by atomic mass is 10.2. The number of rotatable bonds is 5. The first-order valence-corrected chi connectivity index (χ1v) is 6.87. The predicted octanol–water partition coefficient (Wildman–Crippen LogP) is 2.85. The fourth-order valence-electron chi connectivity index (χ4n) is 2.14. The zero-order valence-electron chi connectivity index (χ0n) is 11.1. The van der Waals surface area contributed by atoms with Gasteiger partial charge in [-0.3, -0.25) is 0 Å². The van der Waals surface area contributed by atoms with Crippen molar-refractivity contribution < 1.29 is 4.52 Å². The zero-order valence-corrected chi connectivity index (χ0v) is 11.9. The summed E-state index contributed by atoms with van der Waals surface area (Å²) >= 11 is 6.34. The van der Waals surface area contributed by atoms with Crippen molar-refractivity contribution in [2.24, 2.45) is 0 Å². The Labute approximate surface area is 121 Å². The van der Waals surface area contributed by atoms with Crippen molar-refractivity contribution in [3.63, 3.8) is 0 Å². The second-order valence-electron chi connectivity index (χ2n) is 4.63. The highest BCUT2D eigenvalue weighted by molar-refractivity contribution is 6.36. The van der Waals surface area contributed by atoms with E-state index < -0.39 is 0 Å². The van der Waals surface area contributed by atoms with E-state index in [0.29, 0.717) is 24.7 Å². The van der Waals surface area contributed by atoms with Gasteiger partial charge in [0.2, 0.25) is 5.89 Å². The fourth-order valence-corrected chi connectivity index (χ4v) is 2.41. The van der Waals surface area contributed by atoms with Crippen LogP contribution in [-0.4, -0.2) is 21.7 Å². The number of benzene rings is 1. The van der Waals surface area contributed by atoms with Crippen molar-refractivity contribution in [1.82, 2.24) is 20.4 Å². The Morgan fingerprint density at radius 2 is 2.20 bits per heavy atom. The van der Waals surface area contributed by atoms with Crippen LogP contribution in [0.15, 0.2) is 28.8 Å². The molecule has 0 spiro atoms. The van der Waals surface area contributed by atoms with Gasteiger partial charge < -0.3 is 14.8 Å². The molecule has 0 bridgehead atoms. The van der Waals surface area contributed by atoms with Gasteiger partial charge in [-0.1, -0.05) is 35.0 Å². The van der Waals surface area contributed by atoms with Gasteiger partial charge in [0.25, 0.3) is 0 Å². The Kier molecular flexibility index (Phi) is 3.71. The highest BCUT2D eigenvalue weighted by atomic mass is 35.5. The molecule has 0 aliphatic rings. The monoisotopic (exact) mass is 290 g/mol. The van der Waals surface area contributed by atoms with Crippen molar-refractivity contribution in [3.8, 4) is 0 Å². The summed E-state index contributed by atoms with van der Waals surface area (Å²) < 4.78 is 5.05. The number of fused-ring (bicyclic) bond motifs is 1. The molecule has 5 nitrogen and oxygen atoms in total. The van der Waals surface area contributed by atoms with E-state index in [1.54, 1.807) is 0 Å². The number of aromatic nitrogens is 3. The van der Waals surface area contributed by atoms with E-state index in [4.69, 9.17) is 16.1 Å². The third-order valence-corrected chi connectivity index (χ3v) is 3.53. The van der Waals surface area contributed by atoms with Crippen molar-refractivity contribution in [1.29, 1.82) is 0 Å². The van der Waals surface area contributed by atoms with Gasteiger partial charge >= 0.3 is 0 Å². The molecule has 0 saturated heterocycles. The Morgan fingerprint density at radius 1 is 1.35 bits per heavy atom. The number of aryl methyl sites for hydroxylation is 1. The normalized spacial score (nSPS) is 11.3. The first-order valence-electron chi connectivity index (χ1n) is 6.49. The van der Waals surface area contributed by atoms with Crippen molar-refractivity contribution in [2.45, 2.75) is 19.9 Å². The van der Waals surface area contributed by atoms with E-state index in [1.807, 2.05) is 31.2 Å². The van der Waals surface area contributed by atoms with E-state index in [-0.39, 0.29) is 0 Å². The number of hydrogen-bond acceptors (Lipinski definition) is 4. The van der Waals surface area contributed by atoms with E-state index in [1.165, 1.54) is 0 Å². The number of para-hydroxylation sites is 1. The minimum atomic E-state index is 0.651. The molecule has 1 aromatic carbocycles. The first kappa shape index (κ1) is 13.1. The SMILES string of the molecule is Cc1noc(CCNCc2[nH]c3ccccc3c2Cl)n1. The van der Waals surface area contributed by atoms with Crippen molar-refractivity contribution in [2.75, 3.05) is 6.54 Å². The topological polar surface area (TPSA) is 66.7 Å². The van der Waals surface area contributed by atoms with Crippen molar-refractivity contribution >= 4 is 22.5 Å². The first-order chi connectivity index (χ1) is 9.74. The second-order valence-corrected chi connectivity index (χ2v) is 5.00. The van der Waals surface area contributed by atoms with Gasteiger partial charge in [-0.2, -0.15) is 4.98 Å². The highest BCUT2D eigenvalue weighted by Gasteiger charge is 2.08. The second kappa shape index (κ2) is 5.64. The number of halogens is 1. The smallest absolute Gasteiger partial charge is 0.227 e. The van der Waals surface area contributed by atoms with E-state index in [2.05, 4.69) is 20.4 Å². The van der Waals surface area contributed by atoms with Crippen LogP contribution in [0.25, 0.3) is 10.9 Å². The van der Waals surface area contributed by atoms with Crippen LogP contribution in [0.2, 0.25) is 5.02 Å². The maximum Gasteiger partial charge on any atom is 0.227 e. The van der Waals surface area contributed by atoms with E-state index in [0.717, 1.165) is 28.2 Å². The van der Waals surface area contributed by atoms with Crippen LogP contribution >= 0.6 is 11.6 Å². The summed E-state index contributed by atoms with van der Waals surface area (Å²) in [5.41, 5.74) is 2.05. The molecule has 0 fully saturated rings. The summed E-state index contributed by atoms with van der Waals surface area (Å²) in [6, 6.07) is 8.01. The summed E-state index contributed by atoms with van der Waals surface area (Å²) in [5.74, 6) is 1.32. The van der Waals surface area contributed by atoms with E-state index >= 15 is 0 Å². The summed E-state index contributed by atoms with van der Waals surface area (Å²) in [7, 11) is 0. The molecule has 0 radical (unpaired) electrons. The fraction of sp³-hybridized carbons (Fsp3) is 0.286. The lowest BCUT2D eigenvalue weighted by Gasteiger charge is -2.01. The molecule has 3 aromatic rings. The molecule has 104 valence electrons. The van der Waals surface area contributed by atoms with Crippen molar-refractivity contribution in [3.05, 3.63) is 46.7 Å². The lowest BCUT2D eigenvalue weighted by molar-refractivity contribution is 0.372. The molecule has 0 saturated carbocycles. The Morgan fingerprint density at radius 3 is 2.95 bits per heavy atom. The molecule has 0 atom stereocenters. The van der Waals surface area contributed by atoms with Gasteiger partial charge in [0.05, 0.1) is 5.02 Å². The number of H-pyrrole nitrogens is 1. The molecule has 0 aliphatic heterocycles. The third kappa shape index (κ3) is 2.69. The zero-order chi connectivity index (χ0) is 13.9. The van der Waals surface area contributed by atoms with Crippen LogP contribution in [0.5, 0.6) is 0 Å². The lowest BCUT2D eigenvalue weighted by Crippen LogP contribution is -2.17. The van der Waals surface area contributed by atoms with Crippen LogP contribution < -0.4 is 5.32 Å². The molecule has 0 amide bonds. The molecule has 0 aliphatic carbocycles. The molecule has 20 heavy (non-hydrogen) atoms. The number of aromatic amines is 1. The third-order valence-electron chi connectivity index (χ3n) is 3.10. The summed E-state index contributed by atoms with van der Waals surface area (Å²) in [4.78, 5) is 7.48. The summed E-state index contributed by atoms with van der Waals surface area (Å²) in [5, 5.41) is 8.91. The molecule has 2 heterocycles. The summed E-state index contributed by atoms with van der Waals surface area (Å²) in [6.45, 7) is 3.25. The van der Waals surface area contributed by atoms with Gasteiger partial charge in [-0.05, 0) is 13.0 Å². The van der Waals surface area contributed by atoms with Crippen LogP contribution in [-0.2, 0) is 13.0 Å². The van der Waals surface area contributed by atoms with Gasteiger partial charge in [0.1, 0.15) is 0 Å². The average molecular weight is 291 g/mol. The van der Waals surface area contributed by atoms with Crippen LogP contribution in [0.1, 0.15) is 17.4 Å². The molecular formula is C14H15ClN4O. The average Bonchev–Trinajstić information content (AvgIpc) is 3.00. The van der Waals surface area contributed by atoms with Gasteiger partial charge in [-0.25, -0.2) is 0 Å². The number of hydrogen-bond donors (Lipinski definition) is 2. The maximum absolute atomic E-state index is 6.34. The largest absolute Gasteiger partial charge is 0.356 e. The molecule has 2 N–H and O–H groups in total. The Bertz CT molecular complexity index is 719. The van der Waals surface area contributed by atoms with Crippen LogP contribution in [0.3, 0.4) is 0 Å². The van der Waals surface area contributed by atoms with Crippen LogP contribution in [0, 0.1) is 6.92 Å². The Balaban J connectivity index is 1.58. The minimum Gasteiger partial charge on any atom is -0.356 e. The molecule has 2 aromatic heterocycles. The number of nitrogens with one attached hydrogen (secondary N) is 2. The Hall–Kier alpha value is -1.85. The van der Waals surface area contributed by atoms with Gasteiger partial charge in [0, 0.05) is 36.1 Å². The van der Waals surface area contributed by atoms with Gasteiger partial charge in [-0.15, -0.1) is 0 Å². The predicted molar refractivity (Wildman–Crippen MR) is 77.8 cm³/mol. The highest BCUT2D eigenvalue weighted by Crippen LogP contribution is 2.26. The summed E-state index contributed by atoms with van der Waals surface area (Å²) in [6.07, 6.45) is 0.707. The van der Waals surface area contributed by atoms with Crippen LogP contribution in [0.4, 0.5) is 0 Å². The maximum atomic E-state index is 6.34. The number of nitrogens with zero attached hydrogens (tertiary/aromatic N) is 2.